The summed E-state index contributed by atoms with van der Waals surface area (Å²) >= 11 is 1.08. The molecule has 3 rings (SSSR count). The van der Waals surface area contributed by atoms with E-state index in [1.165, 1.54) is 93.9 Å². The first-order valence-electron chi connectivity index (χ1n) is 28.2. The molecule has 0 spiro atoms. The van der Waals surface area contributed by atoms with Crippen LogP contribution < -0.4 is 10.6 Å². The lowest BCUT2D eigenvalue weighted by atomic mass is 10.0. The van der Waals surface area contributed by atoms with Crippen LogP contribution in [-0.2, 0) is 51.0 Å². The van der Waals surface area contributed by atoms with Crippen LogP contribution in [0.4, 0.5) is 10.5 Å². The summed E-state index contributed by atoms with van der Waals surface area (Å²) in [6.07, 6.45) is 23.5. The monoisotopic (exact) mass is 1060 g/mol. The number of ether oxygens (including phenoxy) is 4. The molecule has 0 saturated carbocycles. The van der Waals surface area contributed by atoms with E-state index in [0.29, 0.717) is 37.1 Å². The highest BCUT2D eigenvalue weighted by molar-refractivity contribution is 8.13. The number of carbonyl (C=O) groups is 6. The number of hydrogen-bond acceptors (Lipinski definition) is 11. The zero-order chi connectivity index (χ0) is 54.6. The number of rotatable bonds is 38. The summed E-state index contributed by atoms with van der Waals surface area (Å²) in [5, 5.41) is 5.21. The molecule has 0 heterocycles. The number of carbonyl (C=O) groups excluding carboxylic acids is 6. The summed E-state index contributed by atoms with van der Waals surface area (Å²) in [5.41, 5.74) is 2.03. The molecule has 13 heteroatoms. The first-order valence-corrected chi connectivity index (χ1v) is 29.2. The number of benzene rings is 3. The van der Waals surface area contributed by atoms with Crippen LogP contribution in [0.25, 0.3) is 0 Å². The number of amides is 2. The Morgan fingerprint density at radius 2 is 0.960 bits per heavy atom. The molecule has 0 aliphatic heterocycles. The SMILES string of the molecule is CC(C)(C)OC(=O)CC[C@H](NC(=O)c1ccc(NC(=O)SCCC[C@H](COC(=O)CCCCCCCCCCCc2ccccc2)OC(=O)CCCCCCCCCCCc2ccccc2)cc1)C(=O)OC(C)(C)C. The lowest BCUT2D eigenvalue weighted by Gasteiger charge is -2.25. The van der Waals surface area contributed by atoms with E-state index in [-0.39, 0.29) is 42.2 Å². The molecule has 416 valence electrons. The Kier molecular flexibility index (Phi) is 32.1. The molecule has 0 aliphatic rings. The van der Waals surface area contributed by atoms with Crippen LogP contribution in [-0.4, -0.2) is 70.7 Å². The molecule has 0 radical (unpaired) electrons. The van der Waals surface area contributed by atoms with Crippen LogP contribution in [0.15, 0.2) is 84.9 Å². The highest BCUT2D eigenvalue weighted by atomic mass is 32.2. The average Bonchev–Trinajstić information content (AvgIpc) is 3.36. The Balaban J connectivity index is 1.39. The predicted octanol–water partition coefficient (Wildman–Crippen LogP) is 15.0. The van der Waals surface area contributed by atoms with E-state index < -0.39 is 41.2 Å². The Morgan fingerprint density at radius 1 is 0.493 bits per heavy atom. The van der Waals surface area contributed by atoms with Gasteiger partial charge in [-0.1, -0.05) is 162 Å². The molecule has 12 nitrogen and oxygen atoms in total. The van der Waals surface area contributed by atoms with Crippen molar-refractivity contribution in [3.05, 3.63) is 102 Å². The van der Waals surface area contributed by atoms with Gasteiger partial charge in [0.05, 0.1) is 0 Å². The standard InChI is InChI=1S/C62H92N2O10S/c1-61(2,3)73-57(67)46-45-54(59(69)74-62(4,5)6)64-58(68)51-41-43-52(44-42-51)63-60(70)75-47-31-38-53(72-56(66)40-30-20-16-12-8-10-14-18-24-33-50-36-27-22-28-37-50)48-71-55(65)39-29-19-15-11-7-9-13-17-23-32-49-34-25-21-26-35-49/h21-22,25-28,34-37,41-44,53-54H,7-20,23-24,29-33,38-40,45-48H2,1-6H3,(H,63,70)(H,64,68)/t53-,54+/m1/s1. The Labute approximate surface area is 454 Å². The maximum atomic E-state index is 13.2. The van der Waals surface area contributed by atoms with Crippen LogP contribution in [0.1, 0.15) is 217 Å². The summed E-state index contributed by atoms with van der Waals surface area (Å²) in [4.78, 5) is 77.4. The van der Waals surface area contributed by atoms with E-state index in [2.05, 4.69) is 71.3 Å². The minimum absolute atomic E-state index is 0.0102. The number of anilines is 1. The van der Waals surface area contributed by atoms with Crippen LogP contribution in [0.2, 0.25) is 0 Å². The summed E-state index contributed by atoms with van der Waals surface area (Å²) in [7, 11) is 0. The second kappa shape index (κ2) is 37.6. The highest BCUT2D eigenvalue weighted by Crippen LogP contribution is 2.20. The summed E-state index contributed by atoms with van der Waals surface area (Å²) in [6.45, 7) is 10.4. The van der Waals surface area contributed by atoms with Gasteiger partial charge in [0, 0.05) is 36.3 Å². The molecule has 0 aliphatic carbocycles. The Hall–Kier alpha value is -5.17. The van der Waals surface area contributed by atoms with E-state index in [4.69, 9.17) is 18.9 Å². The highest BCUT2D eigenvalue weighted by Gasteiger charge is 2.29. The maximum absolute atomic E-state index is 13.2. The molecule has 2 N–H and O–H groups in total. The van der Waals surface area contributed by atoms with Crippen LogP contribution >= 0.6 is 11.8 Å². The molecule has 2 atom stereocenters. The van der Waals surface area contributed by atoms with Crippen molar-refractivity contribution in [2.75, 3.05) is 17.7 Å². The number of hydrogen-bond donors (Lipinski definition) is 2. The fraction of sp³-hybridized carbons (Fsp3) is 0.613. The molecule has 0 fully saturated rings. The smallest absolute Gasteiger partial charge is 0.329 e. The van der Waals surface area contributed by atoms with E-state index in [1.807, 2.05) is 0 Å². The second-order valence-corrected chi connectivity index (χ2v) is 22.9. The van der Waals surface area contributed by atoms with Gasteiger partial charge in [-0.05, 0) is 135 Å². The van der Waals surface area contributed by atoms with Crippen molar-refractivity contribution in [2.45, 2.75) is 232 Å². The van der Waals surface area contributed by atoms with E-state index >= 15 is 0 Å². The van der Waals surface area contributed by atoms with Gasteiger partial charge in [0.15, 0.2) is 0 Å². The van der Waals surface area contributed by atoms with Crippen molar-refractivity contribution in [3.63, 3.8) is 0 Å². The first kappa shape index (κ1) is 64.1. The summed E-state index contributed by atoms with van der Waals surface area (Å²) in [6, 6.07) is 26.5. The third-order valence-corrected chi connectivity index (χ3v) is 13.3. The molecule has 3 aromatic rings. The van der Waals surface area contributed by atoms with Crippen LogP contribution in [0.5, 0.6) is 0 Å². The molecule has 75 heavy (non-hydrogen) atoms. The molecule has 0 unspecified atom stereocenters. The van der Waals surface area contributed by atoms with Crippen molar-refractivity contribution in [1.82, 2.24) is 5.32 Å². The van der Waals surface area contributed by atoms with Gasteiger partial charge in [-0.2, -0.15) is 0 Å². The van der Waals surface area contributed by atoms with Gasteiger partial charge in [-0.15, -0.1) is 0 Å². The van der Waals surface area contributed by atoms with Gasteiger partial charge in [0.1, 0.15) is 30.0 Å². The summed E-state index contributed by atoms with van der Waals surface area (Å²) in [5.74, 6) is -1.86. The fourth-order valence-electron chi connectivity index (χ4n) is 8.49. The number of aryl methyl sites for hydroxylation is 2. The molecule has 2 amide bonds. The first-order chi connectivity index (χ1) is 36.0. The van der Waals surface area contributed by atoms with Gasteiger partial charge in [-0.3, -0.25) is 24.0 Å². The van der Waals surface area contributed by atoms with Gasteiger partial charge in [0.25, 0.3) is 11.1 Å². The van der Waals surface area contributed by atoms with Gasteiger partial charge in [-0.25, -0.2) is 4.79 Å². The van der Waals surface area contributed by atoms with Crippen molar-refractivity contribution < 1.29 is 47.7 Å². The molecular weight excluding hydrogens is 965 g/mol. The molecular formula is C62H92N2O10S. The number of nitrogens with one attached hydrogen (secondary N) is 2. The molecule has 3 aromatic carbocycles. The largest absolute Gasteiger partial charge is 0.462 e. The van der Waals surface area contributed by atoms with Crippen LogP contribution in [0, 0.1) is 0 Å². The quantitative estimate of drug-likeness (QED) is 0.0319. The predicted molar refractivity (Wildman–Crippen MR) is 303 cm³/mol. The zero-order valence-corrected chi connectivity index (χ0v) is 47.3. The van der Waals surface area contributed by atoms with E-state index in [0.717, 1.165) is 69.5 Å². The van der Waals surface area contributed by atoms with Gasteiger partial charge < -0.3 is 29.6 Å². The number of esters is 4. The minimum Gasteiger partial charge on any atom is -0.462 e. The number of unbranched alkanes of at least 4 members (excludes halogenated alkanes) is 16. The van der Waals surface area contributed by atoms with Crippen LogP contribution in [0.3, 0.4) is 0 Å². The molecule has 0 aromatic heterocycles. The molecule has 0 bridgehead atoms. The average molecular weight is 1060 g/mol. The lowest BCUT2D eigenvalue weighted by Crippen LogP contribution is -2.44. The normalized spacial score (nSPS) is 12.3. The van der Waals surface area contributed by atoms with Crippen molar-refractivity contribution in [3.8, 4) is 0 Å². The lowest BCUT2D eigenvalue weighted by molar-refractivity contribution is -0.159. The third-order valence-electron chi connectivity index (χ3n) is 12.5. The third kappa shape index (κ3) is 33.5. The van der Waals surface area contributed by atoms with Crippen molar-refractivity contribution in [1.29, 1.82) is 0 Å². The van der Waals surface area contributed by atoms with Crippen molar-refractivity contribution >= 4 is 52.5 Å². The minimum atomic E-state index is -1.09. The fourth-order valence-corrected chi connectivity index (χ4v) is 9.18. The second-order valence-electron chi connectivity index (χ2n) is 21.8. The zero-order valence-electron chi connectivity index (χ0n) is 46.5. The van der Waals surface area contributed by atoms with E-state index in [1.54, 1.807) is 53.7 Å². The Morgan fingerprint density at radius 3 is 1.45 bits per heavy atom. The summed E-state index contributed by atoms with van der Waals surface area (Å²) < 4.78 is 22.4. The van der Waals surface area contributed by atoms with Gasteiger partial charge >= 0.3 is 23.9 Å². The van der Waals surface area contributed by atoms with E-state index in [9.17, 15) is 28.8 Å². The van der Waals surface area contributed by atoms with Crippen molar-refractivity contribution in [2.24, 2.45) is 0 Å². The number of thioether (sulfide) groups is 1. The Bertz CT molecular complexity index is 2070. The van der Waals surface area contributed by atoms with Gasteiger partial charge in [0.2, 0.25) is 0 Å². The maximum Gasteiger partial charge on any atom is 0.329 e. The topological polar surface area (TPSA) is 163 Å². The molecule has 0 saturated heterocycles.